The lowest BCUT2D eigenvalue weighted by Crippen LogP contribution is -2.11. The van der Waals surface area contributed by atoms with E-state index in [1.807, 2.05) is 13.8 Å². The number of rotatable bonds is 2. The molecule has 1 aliphatic carbocycles. The molecule has 0 spiro atoms. The molecule has 0 unspecified atom stereocenters. The van der Waals surface area contributed by atoms with Gasteiger partial charge in [0, 0.05) is 0 Å². The Labute approximate surface area is 79.1 Å². The summed E-state index contributed by atoms with van der Waals surface area (Å²) in [5.74, 6) is -0.328. The predicted molar refractivity (Wildman–Crippen MR) is 51.5 cm³/mol. The number of hydrogen-bond acceptors (Lipinski definition) is 3. The Kier molecular flexibility index (Phi) is 3.93. The normalized spacial score (nSPS) is 17.3. The minimum atomic E-state index is -0.238. The number of carbonyl (C=O) groups excluding carboxylic acids is 1. The molecule has 0 radical (unpaired) electrons. The van der Waals surface area contributed by atoms with Crippen molar-refractivity contribution in [2.75, 3.05) is 0 Å². The van der Waals surface area contributed by atoms with Crippen molar-refractivity contribution in [2.45, 2.75) is 46.0 Å². The van der Waals surface area contributed by atoms with Crippen LogP contribution in [-0.2, 0) is 9.63 Å². The third-order valence-electron chi connectivity index (χ3n) is 2.17. The van der Waals surface area contributed by atoms with Gasteiger partial charge in [-0.05, 0) is 25.7 Å². The van der Waals surface area contributed by atoms with Crippen LogP contribution in [0.4, 0.5) is 0 Å². The number of hydrogen-bond donors (Lipinski definition) is 0. The van der Waals surface area contributed by atoms with Crippen LogP contribution in [0.5, 0.6) is 0 Å². The van der Waals surface area contributed by atoms with Crippen molar-refractivity contribution >= 4 is 11.7 Å². The molecule has 3 heteroatoms. The Morgan fingerprint density at radius 3 is 2.46 bits per heavy atom. The standard InChI is InChI=1S/C10H17NO2/c1-8(2)10(12)13-11-9-6-4-3-5-7-9/h8H,3-7H2,1-2H3. The molecule has 1 rings (SSSR count). The summed E-state index contributed by atoms with van der Waals surface area (Å²) in [5.41, 5.74) is 1.04. The lowest BCUT2D eigenvalue weighted by molar-refractivity contribution is -0.147. The smallest absolute Gasteiger partial charge is 0.318 e. The van der Waals surface area contributed by atoms with Gasteiger partial charge in [-0.25, -0.2) is 4.79 Å². The first-order chi connectivity index (χ1) is 6.20. The maximum atomic E-state index is 11.1. The molecule has 0 aromatic carbocycles. The van der Waals surface area contributed by atoms with Gasteiger partial charge in [-0.1, -0.05) is 25.4 Å². The van der Waals surface area contributed by atoms with Crippen molar-refractivity contribution in [1.82, 2.24) is 0 Å². The van der Waals surface area contributed by atoms with Crippen LogP contribution >= 0.6 is 0 Å². The summed E-state index contributed by atoms with van der Waals surface area (Å²) < 4.78 is 0. The Hall–Kier alpha value is -0.860. The Balaban J connectivity index is 2.33. The number of carbonyl (C=O) groups is 1. The molecule has 0 aromatic heterocycles. The second kappa shape index (κ2) is 5.00. The first kappa shape index (κ1) is 10.2. The predicted octanol–water partition coefficient (Wildman–Crippen LogP) is 2.51. The van der Waals surface area contributed by atoms with Crippen LogP contribution < -0.4 is 0 Å². The molecule has 0 N–H and O–H groups in total. The van der Waals surface area contributed by atoms with Gasteiger partial charge in [-0.3, -0.25) is 0 Å². The monoisotopic (exact) mass is 183 g/mol. The van der Waals surface area contributed by atoms with Crippen molar-refractivity contribution < 1.29 is 9.63 Å². The van der Waals surface area contributed by atoms with Gasteiger partial charge >= 0.3 is 5.97 Å². The molecular weight excluding hydrogens is 166 g/mol. The van der Waals surface area contributed by atoms with Crippen LogP contribution in [0.1, 0.15) is 46.0 Å². The van der Waals surface area contributed by atoms with Crippen molar-refractivity contribution in [1.29, 1.82) is 0 Å². The fraction of sp³-hybridized carbons (Fsp3) is 0.800. The van der Waals surface area contributed by atoms with Gasteiger partial charge < -0.3 is 4.84 Å². The van der Waals surface area contributed by atoms with Gasteiger partial charge in [0.25, 0.3) is 0 Å². The van der Waals surface area contributed by atoms with Gasteiger partial charge in [0.2, 0.25) is 0 Å². The highest BCUT2D eigenvalue weighted by molar-refractivity contribution is 5.85. The molecule has 1 fully saturated rings. The second-order valence-corrected chi connectivity index (χ2v) is 3.78. The third-order valence-corrected chi connectivity index (χ3v) is 2.17. The minimum absolute atomic E-state index is 0.0899. The summed E-state index contributed by atoms with van der Waals surface area (Å²) in [6.45, 7) is 3.62. The van der Waals surface area contributed by atoms with Crippen LogP contribution in [0.25, 0.3) is 0 Å². The summed E-state index contributed by atoms with van der Waals surface area (Å²) in [6, 6.07) is 0. The van der Waals surface area contributed by atoms with Crippen LogP contribution in [0.3, 0.4) is 0 Å². The maximum Gasteiger partial charge on any atom is 0.337 e. The van der Waals surface area contributed by atoms with Crippen LogP contribution in [-0.4, -0.2) is 11.7 Å². The zero-order valence-corrected chi connectivity index (χ0v) is 8.38. The van der Waals surface area contributed by atoms with E-state index in [2.05, 4.69) is 5.16 Å². The Bertz CT molecular complexity index is 201. The molecule has 1 aliphatic rings. The first-order valence-electron chi connectivity index (χ1n) is 4.96. The molecule has 74 valence electrons. The van der Waals surface area contributed by atoms with Gasteiger partial charge in [0.05, 0.1) is 11.6 Å². The maximum absolute atomic E-state index is 11.1. The van der Waals surface area contributed by atoms with Crippen LogP contribution in [0.2, 0.25) is 0 Å². The van der Waals surface area contributed by atoms with E-state index in [-0.39, 0.29) is 11.9 Å². The highest BCUT2D eigenvalue weighted by Crippen LogP contribution is 2.15. The summed E-state index contributed by atoms with van der Waals surface area (Å²) in [5, 5.41) is 3.87. The van der Waals surface area contributed by atoms with E-state index in [1.165, 1.54) is 19.3 Å². The Morgan fingerprint density at radius 1 is 1.31 bits per heavy atom. The van der Waals surface area contributed by atoms with Gasteiger partial charge in [-0.15, -0.1) is 0 Å². The molecule has 0 atom stereocenters. The van der Waals surface area contributed by atoms with Gasteiger partial charge in [0.1, 0.15) is 0 Å². The van der Waals surface area contributed by atoms with E-state index >= 15 is 0 Å². The van der Waals surface area contributed by atoms with Crippen LogP contribution in [0.15, 0.2) is 5.16 Å². The average molecular weight is 183 g/mol. The van der Waals surface area contributed by atoms with E-state index in [4.69, 9.17) is 4.84 Å². The quantitative estimate of drug-likeness (QED) is 0.487. The molecule has 0 bridgehead atoms. The lowest BCUT2D eigenvalue weighted by Gasteiger charge is -2.11. The molecule has 0 aromatic rings. The van der Waals surface area contributed by atoms with Gasteiger partial charge in [-0.2, -0.15) is 0 Å². The minimum Gasteiger partial charge on any atom is -0.318 e. The van der Waals surface area contributed by atoms with E-state index in [9.17, 15) is 4.79 Å². The molecular formula is C10H17NO2. The van der Waals surface area contributed by atoms with Crippen molar-refractivity contribution in [3.63, 3.8) is 0 Å². The Morgan fingerprint density at radius 2 is 1.92 bits per heavy atom. The topological polar surface area (TPSA) is 38.7 Å². The van der Waals surface area contributed by atoms with Crippen molar-refractivity contribution in [2.24, 2.45) is 11.1 Å². The van der Waals surface area contributed by atoms with E-state index < -0.39 is 0 Å². The van der Waals surface area contributed by atoms with E-state index in [1.54, 1.807) is 0 Å². The summed E-state index contributed by atoms with van der Waals surface area (Å²) in [4.78, 5) is 15.8. The third kappa shape index (κ3) is 3.57. The highest BCUT2D eigenvalue weighted by Gasteiger charge is 2.11. The molecule has 1 saturated carbocycles. The van der Waals surface area contributed by atoms with Crippen molar-refractivity contribution in [3.8, 4) is 0 Å². The molecule has 0 saturated heterocycles. The van der Waals surface area contributed by atoms with E-state index in [0.29, 0.717) is 0 Å². The fourth-order valence-electron chi connectivity index (χ4n) is 1.27. The summed E-state index contributed by atoms with van der Waals surface area (Å²) in [7, 11) is 0. The summed E-state index contributed by atoms with van der Waals surface area (Å²) in [6.07, 6.45) is 5.62. The second-order valence-electron chi connectivity index (χ2n) is 3.78. The van der Waals surface area contributed by atoms with E-state index in [0.717, 1.165) is 18.6 Å². The highest BCUT2D eigenvalue weighted by atomic mass is 16.7. The van der Waals surface area contributed by atoms with Crippen LogP contribution in [0, 0.1) is 5.92 Å². The molecule has 3 nitrogen and oxygen atoms in total. The lowest BCUT2D eigenvalue weighted by atomic mass is 9.99. The molecule has 13 heavy (non-hydrogen) atoms. The molecule has 0 aliphatic heterocycles. The number of oxime groups is 1. The first-order valence-corrected chi connectivity index (χ1v) is 4.96. The molecule has 0 amide bonds. The summed E-state index contributed by atoms with van der Waals surface area (Å²) >= 11 is 0. The van der Waals surface area contributed by atoms with Gasteiger partial charge in [0.15, 0.2) is 0 Å². The zero-order valence-electron chi connectivity index (χ0n) is 8.38. The molecule has 0 heterocycles. The van der Waals surface area contributed by atoms with Crippen molar-refractivity contribution in [3.05, 3.63) is 0 Å². The fourth-order valence-corrected chi connectivity index (χ4v) is 1.27. The SMILES string of the molecule is CC(C)C(=O)ON=C1CCCCC1. The zero-order chi connectivity index (χ0) is 9.68. The average Bonchev–Trinajstić information content (AvgIpc) is 2.15. The largest absolute Gasteiger partial charge is 0.337 e. The number of nitrogens with zero attached hydrogens (tertiary/aromatic N) is 1.